The number of esters is 1. The molecule has 4 aliphatic rings. The summed E-state index contributed by atoms with van der Waals surface area (Å²) >= 11 is 0. The minimum absolute atomic E-state index is 0. The van der Waals surface area contributed by atoms with Crippen LogP contribution in [0.5, 0.6) is 0 Å². The fourth-order valence-corrected chi connectivity index (χ4v) is 8.96. The zero-order chi connectivity index (χ0) is 57.0. The highest BCUT2D eigenvalue weighted by molar-refractivity contribution is 5.88. The van der Waals surface area contributed by atoms with Crippen molar-refractivity contribution in [3.05, 3.63) is 214 Å². The Labute approximate surface area is 467 Å². The molecule has 425 valence electrons. The zero-order valence-electron chi connectivity index (χ0n) is 43.1. The molecule has 0 aromatic heterocycles. The van der Waals surface area contributed by atoms with Crippen LogP contribution in [0, 0.1) is 35.1 Å². The Kier molecular flexibility index (Phi) is 25.3. The SMILES string of the molecule is C.COC(=O)C1CC(=O)NC1c1ccccc1F.N[C@H]1CC(=O)NC1c1ccccc1F.O=C1CC(NC(=O)OCc2ccccc2)[C@@H](c2ccccc2F)N1.O=C1C[C@H](C(=O)O)C(c2ccccc2F)N1.OCc1ccccc1.[B]. The maximum Gasteiger partial charge on any atom is 0.407 e. The number of carbonyl (C=O) groups is 7. The van der Waals surface area contributed by atoms with Gasteiger partial charge in [0, 0.05) is 62.4 Å². The second-order valence-corrected chi connectivity index (χ2v) is 18.3. The molecular weight excluding hydrogens is 1060 g/mol. The highest BCUT2D eigenvalue weighted by Crippen LogP contribution is 2.34. The fraction of sp³-hybridized carbons (Fsp3) is 0.271. The van der Waals surface area contributed by atoms with Crippen LogP contribution in [0.2, 0.25) is 0 Å². The van der Waals surface area contributed by atoms with E-state index in [1.165, 1.54) is 43.5 Å². The second-order valence-electron chi connectivity index (χ2n) is 18.3. The van der Waals surface area contributed by atoms with Crippen LogP contribution in [0.3, 0.4) is 0 Å². The lowest BCUT2D eigenvalue weighted by Crippen LogP contribution is -2.39. The Morgan fingerprint density at radius 1 is 0.531 bits per heavy atom. The summed E-state index contributed by atoms with van der Waals surface area (Å²) < 4.78 is 64.1. The van der Waals surface area contributed by atoms with Gasteiger partial charge >= 0.3 is 18.0 Å². The fourth-order valence-electron chi connectivity index (χ4n) is 8.96. The summed E-state index contributed by atoms with van der Waals surface area (Å²) in [5, 5.41) is 30.5. The van der Waals surface area contributed by atoms with Gasteiger partial charge in [0.05, 0.1) is 55.8 Å². The number of carboxylic acids is 1. The van der Waals surface area contributed by atoms with Crippen LogP contribution in [-0.4, -0.2) is 79.5 Å². The first-order chi connectivity index (χ1) is 38.0. The molecule has 6 aromatic rings. The number of amides is 5. The average molecular weight is 1120 g/mol. The lowest BCUT2D eigenvalue weighted by atomic mass is 9.94. The summed E-state index contributed by atoms with van der Waals surface area (Å²) in [5.41, 5.74) is 8.89. The van der Waals surface area contributed by atoms with Gasteiger partial charge in [0.1, 0.15) is 29.9 Å². The molecule has 17 nitrogen and oxygen atoms in total. The second kappa shape index (κ2) is 31.6. The molecule has 5 unspecified atom stereocenters. The number of alkyl carbamates (subject to hydrolysis) is 1. The normalized spacial score (nSPS) is 20.9. The number of aliphatic hydroxyl groups is 1. The van der Waals surface area contributed by atoms with Gasteiger partial charge in [-0.1, -0.05) is 141 Å². The van der Waals surface area contributed by atoms with Crippen molar-refractivity contribution in [2.45, 2.75) is 82.6 Å². The Morgan fingerprint density at radius 3 is 1.30 bits per heavy atom. The van der Waals surface area contributed by atoms with Crippen LogP contribution in [0.15, 0.2) is 158 Å². The van der Waals surface area contributed by atoms with Crippen LogP contribution in [0.1, 0.15) is 90.7 Å². The zero-order valence-corrected chi connectivity index (χ0v) is 43.1. The molecule has 4 saturated heterocycles. The summed E-state index contributed by atoms with van der Waals surface area (Å²) in [6.45, 7) is 0.270. The summed E-state index contributed by atoms with van der Waals surface area (Å²) in [4.78, 5) is 79.6. The lowest BCUT2D eigenvalue weighted by Gasteiger charge is -2.20. The number of hydrogen-bond acceptors (Lipinski definition) is 11. The van der Waals surface area contributed by atoms with Gasteiger partial charge in [-0.25, -0.2) is 22.4 Å². The van der Waals surface area contributed by atoms with E-state index in [1.807, 2.05) is 60.7 Å². The number of benzene rings is 6. The van der Waals surface area contributed by atoms with Crippen LogP contribution < -0.4 is 32.3 Å². The number of aliphatic hydroxyl groups excluding tert-OH is 1. The monoisotopic (exact) mass is 1120 g/mol. The Balaban J connectivity index is 0.000000224. The van der Waals surface area contributed by atoms with Gasteiger partial charge in [-0.2, -0.15) is 0 Å². The molecule has 3 radical (unpaired) electrons. The molecule has 4 fully saturated rings. The van der Waals surface area contributed by atoms with Crippen molar-refractivity contribution in [3.63, 3.8) is 0 Å². The predicted molar refractivity (Wildman–Crippen MR) is 291 cm³/mol. The molecule has 9 N–H and O–H groups in total. The molecule has 10 rings (SSSR count). The summed E-state index contributed by atoms with van der Waals surface area (Å²) in [7, 11) is 1.25. The largest absolute Gasteiger partial charge is 0.481 e. The van der Waals surface area contributed by atoms with Crippen molar-refractivity contribution in [1.82, 2.24) is 26.6 Å². The van der Waals surface area contributed by atoms with Crippen molar-refractivity contribution < 1.29 is 70.8 Å². The summed E-state index contributed by atoms with van der Waals surface area (Å²) in [5.74, 6) is -5.83. The van der Waals surface area contributed by atoms with Crippen LogP contribution >= 0.6 is 0 Å². The van der Waals surface area contributed by atoms with Crippen LogP contribution in [0.4, 0.5) is 22.4 Å². The lowest BCUT2D eigenvalue weighted by molar-refractivity contribution is -0.146. The van der Waals surface area contributed by atoms with Gasteiger partial charge in [0.25, 0.3) is 0 Å². The van der Waals surface area contributed by atoms with E-state index in [1.54, 1.807) is 60.7 Å². The first kappa shape index (κ1) is 64.6. The maximum absolute atomic E-state index is 14.0. The number of nitrogens with one attached hydrogen (secondary N) is 5. The number of hydrogen-bond donors (Lipinski definition) is 8. The number of carbonyl (C=O) groups excluding carboxylic acids is 6. The average Bonchev–Trinajstić information content (AvgIpc) is 4.33. The molecule has 0 bridgehead atoms. The van der Waals surface area contributed by atoms with E-state index in [-0.39, 0.29) is 102 Å². The van der Waals surface area contributed by atoms with Crippen molar-refractivity contribution in [2.24, 2.45) is 17.6 Å². The predicted octanol–water partition coefficient (Wildman–Crippen LogP) is 7.09. The first-order valence-corrected chi connectivity index (χ1v) is 24.8. The number of rotatable bonds is 10. The summed E-state index contributed by atoms with van der Waals surface area (Å²) in [6, 6.07) is 40.0. The number of methoxy groups -OCH3 is 1. The molecule has 22 heteroatoms. The number of nitrogens with two attached hydrogens (primary N) is 1. The smallest absolute Gasteiger partial charge is 0.407 e. The van der Waals surface area contributed by atoms with Crippen molar-refractivity contribution in [1.29, 1.82) is 0 Å². The number of aliphatic carboxylic acids is 1. The minimum Gasteiger partial charge on any atom is -0.481 e. The van der Waals surface area contributed by atoms with Gasteiger partial charge in [0.2, 0.25) is 23.6 Å². The Hall–Kier alpha value is -8.89. The molecule has 4 heterocycles. The van der Waals surface area contributed by atoms with E-state index in [2.05, 4.69) is 31.3 Å². The van der Waals surface area contributed by atoms with Gasteiger partial charge < -0.3 is 52.0 Å². The standard InChI is InChI=1S/C18H17FN2O3.C12H12FNO3.C11H10FNO3.C10H11FN2O.C7H8O.CH4.B/c19-14-9-5-4-8-13(14)17-15(10-16(22)21-17)20-18(23)24-11-12-6-2-1-3-7-12;1-17-12(16)8-6-10(15)14-11(8)7-4-2-3-5-9(7)13;12-8-4-2-1-3-6(8)10-7(11(15)16)5-9(14)13-10;11-7-4-2-1-3-6(7)10-8(12)5-9(14)13-10;8-6-7-4-2-1-3-5-7;;/h1-9,15,17H,10-11H2,(H,20,23)(H,21,22);2-5,8,11H,6H2,1H3,(H,14,15);1-4,7,10H,5H2,(H,13,14)(H,15,16);1-4,8,10H,5,12H2,(H,13,14);1-5,8H,6H2;1H4;/t15?,17-;;7-,10?;8-,10?;;;/m1.00.../s1. The summed E-state index contributed by atoms with van der Waals surface area (Å²) in [6.07, 6.45) is -0.361. The molecule has 0 spiro atoms. The molecule has 6 aromatic carbocycles. The third kappa shape index (κ3) is 18.3. The van der Waals surface area contributed by atoms with Gasteiger partial charge in [-0.05, 0) is 35.4 Å². The third-order valence-corrected chi connectivity index (χ3v) is 12.9. The number of halogens is 4. The molecular formula is C59H62BF4N6O11. The van der Waals surface area contributed by atoms with Crippen molar-refractivity contribution >= 4 is 50.1 Å². The first-order valence-electron chi connectivity index (χ1n) is 24.8. The van der Waals surface area contributed by atoms with E-state index in [4.69, 9.17) is 20.7 Å². The molecule has 8 atom stereocenters. The highest BCUT2D eigenvalue weighted by Gasteiger charge is 2.41. The van der Waals surface area contributed by atoms with E-state index >= 15 is 0 Å². The topological polar surface area (TPSA) is 265 Å². The van der Waals surface area contributed by atoms with Crippen LogP contribution in [0.25, 0.3) is 0 Å². The molecule has 0 aliphatic carbocycles. The molecule has 81 heavy (non-hydrogen) atoms. The van der Waals surface area contributed by atoms with E-state index in [0.717, 1.165) is 11.1 Å². The van der Waals surface area contributed by atoms with E-state index < -0.39 is 71.5 Å². The van der Waals surface area contributed by atoms with Gasteiger partial charge in [-0.3, -0.25) is 28.8 Å². The number of carboxylic acid groups (broad SMARTS) is 1. The van der Waals surface area contributed by atoms with E-state index in [9.17, 15) is 51.1 Å². The highest BCUT2D eigenvalue weighted by atomic mass is 19.1. The number of ether oxygens (including phenoxy) is 2. The Bertz CT molecular complexity index is 3080. The van der Waals surface area contributed by atoms with Crippen molar-refractivity contribution in [2.75, 3.05) is 7.11 Å². The third-order valence-electron chi connectivity index (χ3n) is 12.9. The van der Waals surface area contributed by atoms with E-state index in [0.29, 0.717) is 16.7 Å². The Morgan fingerprint density at radius 2 is 0.889 bits per heavy atom. The van der Waals surface area contributed by atoms with Crippen LogP contribution in [-0.2, 0) is 51.5 Å². The van der Waals surface area contributed by atoms with Crippen molar-refractivity contribution in [3.8, 4) is 0 Å². The quantitative estimate of drug-likeness (QED) is 0.0388. The van der Waals surface area contributed by atoms with Gasteiger partial charge in [0.15, 0.2) is 0 Å². The molecule has 4 aliphatic heterocycles. The maximum atomic E-state index is 14.0. The van der Waals surface area contributed by atoms with Gasteiger partial charge in [-0.15, -0.1) is 0 Å². The minimum atomic E-state index is -1.09. The molecule has 0 saturated carbocycles. The molecule has 5 amide bonds.